The van der Waals surface area contributed by atoms with E-state index in [1.807, 2.05) is 38.1 Å². The van der Waals surface area contributed by atoms with Crippen LogP contribution in [-0.2, 0) is 4.79 Å². The van der Waals surface area contributed by atoms with E-state index in [4.69, 9.17) is 21.1 Å². The fraction of sp³-hybridized carbons (Fsp3) is 0.500. The summed E-state index contributed by atoms with van der Waals surface area (Å²) in [4.78, 5) is 11.3. The monoisotopic (exact) mass is 285 g/mol. The van der Waals surface area contributed by atoms with E-state index in [1.54, 1.807) is 0 Å². The second-order valence-electron chi connectivity index (χ2n) is 4.05. The Morgan fingerprint density at radius 1 is 1.37 bits per heavy atom. The van der Waals surface area contributed by atoms with Gasteiger partial charge in [0, 0.05) is 12.3 Å². The van der Waals surface area contributed by atoms with Crippen LogP contribution < -0.4 is 14.8 Å². The molecule has 4 nitrogen and oxygen atoms in total. The molecule has 0 aliphatic rings. The third-order valence-electron chi connectivity index (χ3n) is 2.39. The number of carbonyl (C=O) groups excluding carboxylic acids is 1. The van der Waals surface area contributed by atoms with Crippen LogP contribution in [-0.4, -0.2) is 31.0 Å². The van der Waals surface area contributed by atoms with Crippen LogP contribution in [0.15, 0.2) is 24.3 Å². The maximum atomic E-state index is 11.3. The van der Waals surface area contributed by atoms with Crippen LogP contribution in [0.2, 0.25) is 0 Å². The van der Waals surface area contributed by atoms with Crippen molar-refractivity contribution >= 4 is 17.5 Å². The lowest BCUT2D eigenvalue weighted by Gasteiger charge is -2.17. The van der Waals surface area contributed by atoms with Gasteiger partial charge in [-0.2, -0.15) is 0 Å². The number of alkyl halides is 1. The van der Waals surface area contributed by atoms with Crippen molar-refractivity contribution in [2.75, 3.05) is 19.0 Å². The van der Waals surface area contributed by atoms with Gasteiger partial charge in [-0.25, -0.2) is 0 Å². The highest BCUT2D eigenvalue weighted by Gasteiger charge is 2.10. The lowest BCUT2D eigenvalue weighted by Crippen LogP contribution is -2.33. The predicted molar refractivity (Wildman–Crippen MR) is 76.0 cm³/mol. The number of halogens is 1. The highest BCUT2D eigenvalue weighted by Crippen LogP contribution is 2.27. The van der Waals surface area contributed by atoms with Crippen LogP contribution in [0, 0.1) is 0 Å². The SMILES string of the molecule is CCOc1ccccc1OC(C)CNC(=O)CCCl. The van der Waals surface area contributed by atoms with Gasteiger partial charge in [0.15, 0.2) is 11.5 Å². The van der Waals surface area contributed by atoms with E-state index in [2.05, 4.69) is 5.32 Å². The number of rotatable bonds is 8. The van der Waals surface area contributed by atoms with E-state index in [0.717, 1.165) is 0 Å². The molecule has 0 bridgehead atoms. The number of hydrogen-bond donors (Lipinski definition) is 1. The number of benzene rings is 1. The van der Waals surface area contributed by atoms with Gasteiger partial charge in [-0.05, 0) is 26.0 Å². The molecular weight excluding hydrogens is 266 g/mol. The van der Waals surface area contributed by atoms with Crippen molar-refractivity contribution in [1.29, 1.82) is 0 Å². The Labute approximate surface area is 119 Å². The molecule has 1 N–H and O–H groups in total. The number of para-hydroxylation sites is 2. The number of hydrogen-bond acceptors (Lipinski definition) is 3. The van der Waals surface area contributed by atoms with Crippen LogP contribution in [0.5, 0.6) is 11.5 Å². The van der Waals surface area contributed by atoms with Crippen molar-refractivity contribution in [2.45, 2.75) is 26.4 Å². The Morgan fingerprint density at radius 2 is 2.05 bits per heavy atom. The van der Waals surface area contributed by atoms with Crippen LogP contribution in [0.25, 0.3) is 0 Å². The average Bonchev–Trinajstić information content (AvgIpc) is 2.39. The standard InChI is InChI=1S/C14H20ClNO3/c1-3-18-12-6-4-5-7-13(12)19-11(2)10-16-14(17)8-9-15/h4-7,11H,3,8-10H2,1-2H3,(H,16,17). The molecule has 19 heavy (non-hydrogen) atoms. The van der Waals surface area contributed by atoms with Crippen molar-refractivity contribution in [3.8, 4) is 11.5 Å². The summed E-state index contributed by atoms with van der Waals surface area (Å²) in [5.74, 6) is 1.66. The minimum absolute atomic E-state index is 0.0662. The highest BCUT2D eigenvalue weighted by molar-refractivity contribution is 6.18. The molecule has 5 heteroatoms. The van der Waals surface area contributed by atoms with Gasteiger partial charge >= 0.3 is 0 Å². The molecule has 0 saturated heterocycles. The van der Waals surface area contributed by atoms with Crippen LogP contribution in [0.3, 0.4) is 0 Å². The topological polar surface area (TPSA) is 47.6 Å². The van der Waals surface area contributed by atoms with Crippen molar-refractivity contribution in [2.24, 2.45) is 0 Å². The summed E-state index contributed by atoms with van der Waals surface area (Å²) in [5.41, 5.74) is 0. The Balaban J connectivity index is 2.47. The van der Waals surface area contributed by atoms with Gasteiger partial charge in [0.2, 0.25) is 5.91 Å². The number of amides is 1. The zero-order chi connectivity index (χ0) is 14.1. The zero-order valence-electron chi connectivity index (χ0n) is 11.3. The van der Waals surface area contributed by atoms with E-state index in [-0.39, 0.29) is 12.0 Å². The maximum absolute atomic E-state index is 11.3. The Hall–Kier alpha value is -1.42. The highest BCUT2D eigenvalue weighted by atomic mass is 35.5. The van der Waals surface area contributed by atoms with Gasteiger partial charge in [-0.15, -0.1) is 11.6 Å². The molecule has 106 valence electrons. The average molecular weight is 286 g/mol. The van der Waals surface area contributed by atoms with E-state index >= 15 is 0 Å². The first-order valence-electron chi connectivity index (χ1n) is 6.38. The van der Waals surface area contributed by atoms with Gasteiger partial charge in [0.25, 0.3) is 0 Å². The minimum Gasteiger partial charge on any atom is -0.490 e. The molecular formula is C14H20ClNO3. The summed E-state index contributed by atoms with van der Waals surface area (Å²) in [6, 6.07) is 7.49. The van der Waals surface area contributed by atoms with E-state index in [1.165, 1.54) is 0 Å². The minimum atomic E-state index is -0.138. The molecule has 1 amide bonds. The molecule has 1 atom stereocenters. The molecule has 0 spiro atoms. The quantitative estimate of drug-likeness (QED) is 0.747. The second-order valence-corrected chi connectivity index (χ2v) is 4.43. The molecule has 0 fully saturated rings. The van der Waals surface area contributed by atoms with Crippen molar-refractivity contribution < 1.29 is 14.3 Å². The normalized spacial score (nSPS) is 11.7. The zero-order valence-corrected chi connectivity index (χ0v) is 12.1. The van der Waals surface area contributed by atoms with Gasteiger partial charge in [-0.1, -0.05) is 12.1 Å². The van der Waals surface area contributed by atoms with Gasteiger partial charge in [-0.3, -0.25) is 4.79 Å². The Kier molecular flexibility index (Phi) is 7.11. The summed E-state index contributed by atoms with van der Waals surface area (Å²) in [6.07, 6.45) is 0.185. The molecule has 1 aromatic carbocycles. The Morgan fingerprint density at radius 3 is 2.68 bits per heavy atom. The van der Waals surface area contributed by atoms with Gasteiger partial charge in [0.1, 0.15) is 6.10 Å². The summed E-state index contributed by atoms with van der Waals surface area (Å²) >= 11 is 5.49. The predicted octanol–water partition coefficient (Wildman–Crippen LogP) is 2.60. The number of carbonyl (C=O) groups is 1. The molecule has 0 aliphatic heterocycles. The fourth-order valence-electron chi connectivity index (χ4n) is 1.51. The van der Waals surface area contributed by atoms with Crippen LogP contribution in [0.1, 0.15) is 20.3 Å². The largest absolute Gasteiger partial charge is 0.490 e. The van der Waals surface area contributed by atoms with Gasteiger partial charge in [0.05, 0.1) is 13.2 Å². The second kappa shape index (κ2) is 8.64. The van der Waals surface area contributed by atoms with Crippen molar-refractivity contribution in [1.82, 2.24) is 5.32 Å². The Bertz CT molecular complexity index is 398. The molecule has 0 radical (unpaired) electrons. The molecule has 0 heterocycles. The number of ether oxygens (including phenoxy) is 2. The fourth-order valence-corrected chi connectivity index (χ4v) is 1.68. The lowest BCUT2D eigenvalue weighted by molar-refractivity contribution is -0.121. The molecule has 1 aromatic rings. The van der Waals surface area contributed by atoms with Crippen molar-refractivity contribution in [3.05, 3.63) is 24.3 Å². The first kappa shape index (κ1) is 15.6. The van der Waals surface area contributed by atoms with Crippen LogP contribution in [0.4, 0.5) is 0 Å². The lowest BCUT2D eigenvalue weighted by atomic mass is 10.3. The van der Waals surface area contributed by atoms with Crippen LogP contribution >= 0.6 is 11.6 Å². The smallest absolute Gasteiger partial charge is 0.221 e. The molecule has 1 rings (SSSR count). The third-order valence-corrected chi connectivity index (χ3v) is 2.57. The molecule has 0 saturated carbocycles. The number of nitrogens with one attached hydrogen (secondary N) is 1. The summed E-state index contributed by atoms with van der Waals surface area (Å²) in [6.45, 7) is 4.84. The maximum Gasteiger partial charge on any atom is 0.221 e. The summed E-state index contributed by atoms with van der Waals surface area (Å²) < 4.78 is 11.2. The van der Waals surface area contributed by atoms with E-state index < -0.39 is 0 Å². The van der Waals surface area contributed by atoms with E-state index in [9.17, 15) is 4.79 Å². The summed E-state index contributed by atoms with van der Waals surface area (Å²) in [5, 5.41) is 2.77. The van der Waals surface area contributed by atoms with Gasteiger partial charge < -0.3 is 14.8 Å². The van der Waals surface area contributed by atoms with Crippen molar-refractivity contribution in [3.63, 3.8) is 0 Å². The third kappa shape index (κ3) is 5.83. The molecule has 0 aliphatic carbocycles. The van der Waals surface area contributed by atoms with E-state index in [0.29, 0.717) is 37.0 Å². The molecule has 0 aromatic heterocycles. The summed E-state index contributed by atoms with van der Waals surface area (Å²) in [7, 11) is 0. The molecule has 1 unspecified atom stereocenters. The first-order valence-corrected chi connectivity index (χ1v) is 6.92. The first-order chi connectivity index (χ1) is 9.17.